The highest BCUT2D eigenvalue weighted by Gasteiger charge is 2.08. The predicted molar refractivity (Wildman–Crippen MR) is 93.9 cm³/mol. The molecule has 0 spiro atoms. The normalized spacial score (nSPS) is 11.0. The molecular formula is C19H16N4. The molecule has 0 aliphatic heterocycles. The Morgan fingerprint density at radius 1 is 0.739 bits per heavy atom. The lowest BCUT2D eigenvalue weighted by Crippen LogP contribution is -2.21. The Labute approximate surface area is 134 Å². The van der Waals surface area contributed by atoms with E-state index in [1.807, 2.05) is 30.3 Å². The van der Waals surface area contributed by atoms with Gasteiger partial charge in [-0.25, -0.2) is 15.4 Å². The summed E-state index contributed by atoms with van der Waals surface area (Å²) in [4.78, 5) is 8.99. The molecular weight excluding hydrogens is 284 g/mol. The molecule has 2 heterocycles. The zero-order valence-electron chi connectivity index (χ0n) is 12.5. The summed E-state index contributed by atoms with van der Waals surface area (Å²) in [5, 5.41) is 2.34. The zero-order chi connectivity index (χ0) is 15.5. The SMILES string of the molecule is c1ccc(NNCc2c3ccccc3nc3ccccc23)nc1. The molecule has 2 aromatic heterocycles. The van der Waals surface area contributed by atoms with Gasteiger partial charge in [0.05, 0.1) is 11.0 Å². The average Bonchev–Trinajstić information content (AvgIpc) is 2.62. The van der Waals surface area contributed by atoms with Gasteiger partial charge < -0.3 is 5.43 Å². The summed E-state index contributed by atoms with van der Waals surface area (Å²) in [7, 11) is 0. The first kappa shape index (κ1) is 13.7. The molecule has 0 saturated carbocycles. The van der Waals surface area contributed by atoms with Crippen molar-refractivity contribution in [3.05, 3.63) is 78.5 Å². The number of para-hydroxylation sites is 2. The number of aromatic nitrogens is 2. The number of benzene rings is 2. The van der Waals surface area contributed by atoms with Gasteiger partial charge in [-0.3, -0.25) is 0 Å². The van der Waals surface area contributed by atoms with Gasteiger partial charge in [-0.15, -0.1) is 0 Å². The monoisotopic (exact) mass is 300 g/mol. The van der Waals surface area contributed by atoms with Gasteiger partial charge in [0.2, 0.25) is 0 Å². The van der Waals surface area contributed by atoms with E-state index in [1.165, 1.54) is 16.3 Å². The Morgan fingerprint density at radius 3 is 2.04 bits per heavy atom. The molecule has 0 unspecified atom stereocenters. The number of hydrazine groups is 1. The van der Waals surface area contributed by atoms with Crippen LogP contribution in [-0.2, 0) is 6.54 Å². The fourth-order valence-electron chi connectivity index (χ4n) is 2.78. The van der Waals surface area contributed by atoms with E-state index in [1.54, 1.807) is 6.20 Å². The standard InChI is InChI=1S/C19H16N4/c1-3-9-17-14(7-1)16(15-8-2-4-10-18(15)22-17)13-21-23-19-11-5-6-12-20-19/h1-12,21H,13H2,(H,20,23). The van der Waals surface area contributed by atoms with Crippen molar-refractivity contribution in [2.45, 2.75) is 6.54 Å². The Balaban J connectivity index is 1.71. The largest absolute Gasteiger partial charge is 0.305 e. The van der Waals surface area contributed by atoms with E-state index < -0.39 is 0 Å². The molecule has 4 aromatic rings. The minimum Gasteiger partial charge on any atom is -0.305 e. The summed E-state index contributed by atoms with van der Waals surface area (Å²) < 4.78 is 0. The van der Waals surface area contributed by atoms with E-state index in [9.17, 15) is 0 Å². The molecule has 0 saturated heterocycles. The minimum atomic E-state index is 0.681. The van der Waals surface area contributed by atoms with Gasteiger partial charge in [0.25, 0.3) is 0 Å². The minimum absolute atomic E-state index is 0.681. The van der Waals surface area contributed by atoms with Gasteiger partial charge in [0.1, 0.15) is 5.82 Å². The van der Waals surface area contributed by atoms with Crippen molar-refractivity contribution in [1.29, 1.82) is 0 Å². The van der Waals surface area contributed by atoms with Crippen LogP contribution in [0.5, 0.6) is 0 Å². The van der Waals surface area contributed by atoms with E-state index in [-0.39, 0.29) is 0 Å². The molecule has 0 amide bonds. The summed E-state index contributed by atoms with van der Waals surface area (Å²) in [5.74, 6) is 0.801. The van der Waals surface area contributed by atoms with Gasteiger partial charge in [0, 0.05) is 23.5 Å². The molecule has 0 fully saturated rings. The first-order valence-electron chi connectivity index (χ1n) is 7.58. The number of anilines is 1. The lowest BCUT2D eigenvalue weighted by Gasteiger charge is -2.12. The summed E-state index contributed by atoms with van der Waals surface area (Å²) >= 11 is 0. The van der Waals surface area contributed by atoms with Crippen LogP contribution in [0.25, 0.3) is 21.8 Å². The molecule has 0 radical (unpaired) electrons. The van der Waals surface area contributed by atoms with Crippen molar-refractivity contribution >= 4 is 27.6 Å². The highest BCUT2D eigenvalue weighted by molar-refractivity contribution is 5.97. The predicted octanol–water partition coefficient (Wildman–Crippen LogP) is 3.90. The maximum absolute atomic E-state index is 4.74. The Kier molecular flexibility index (Phi) is 3.58. The average molecular weight is 300 g/mol. The number of fused-ring (bicyclic) bond motifs is 2. The zero-order valence-corrected chi connectivity index (χ0v) is 12.5. The maximum Gasteiger partial charge on any atom is 0.140 e. The van der Waals surface area contributed by atoms with E-state index in [4.69, 9.17) is 4.98 Å². The molecule has 4 heteroatoms. The first-order chi connectivity index (χ1) is 11.4. The molecule has 112 valence electrons. The Morgan fingerprint density at radius 2 is 1.39 bits per heavy atom. The van der Waals surface area contributed by atoms with Crippen LogP contribution in [0.4, 0.5) is 5.82 Å². The molecule has 0 aliphatic carbocycles. The van der Waals surface area contributed by atoms with Crippen LogP contribution in [0, 0.1) is 0 Å². The summed E-state index contributed by atoms with van der Waals surface area (Å²) in [5.41, 5.74) is 9.66. The van der Waals surface area contributed by atoms with Crippen molar-refractivity contribution in [3.8, 4) is 0 Å². The third-order valence-electron chi connectivity index (χ3n) is 3.85. The van der Waals surface area contributed by atoms with Crippen molar-refractivity contribution < 1.29 is 0 Å². The molecule has 0 bridgehead atoms. The van der Waals surface area contributed by atoms with E-state index >= 15 is 0 Å². The first-order valence-corrected chi connectivity index (χ1v) is 7.58. The Hall–Kier alpha value is -2.98. The van der Waals surface area contributed by atoms with Crippen LogP contribution in [0.3, 0.4) is 0 Å². The van der Waals surface area contributed by atoms with Gasteiger partial charge in [-0.1, -0.05) is 42.5 Å². The number of nitrogens with one attached hydrogen (secondary N) is 2. The second-order valence-corrected chi connectivity index (χ2v) is 5.32. The topological polar surface area (TPSA) is 49.8 Å². The summed E-state index contributed by atoms with van der Waals surface area (Å²) in [6.45, 7) is 0.681. The molecule has 4 rings (SSSR count). The molecule has 2 N–H and O–H groups in total. The molecule has 0 atom stereocenters. The van der Waals surface area contributed by atoms with Crippen LogP contribution in [0.15, 0.2) is 72.9 Å². The van der Waals surface area contributed by atoms with Gasteiger partial charge in [-0.2, -0.15) is 0 Å². The fourth-order valence-corrected chi connectivity index (χ4v) is 2.78. The lowest BCUT2D eigenvalue weighted by molar-refractivity contribution is 0.804. The number of hydrogen-bond acceptors (Lipinski definition) is 4. The van der Waals surface area contributed by atoms with Crippen molar-refractivity contribution in [2.24, 2.45) is 0 Å². The van der Waals surface area contributed by atoms with Crippen molar-refractivity contribution in [1.82, 2.24) is 15.4 Å². The second-order valence-electron chi connectivity index (χ2n) is 5.32. The molecule has 23 heavy (non-hydrogen) atoms. The highest BCUT2D eigenvalue weighted by Crippen LogP contribution is 2.25. The van der Waals surface area contributed by atoms with Gasteiger partial charge in [0.15, 0.2) is 0 Å². The number of pyridine rings is 2. The molecule has 4 nitrogen and oxygen atoms in total. The van der Waals surface area contributed by atoms with E-state index in [2.05, 4.69) is 52.2 Å². The maximum atomic E-state index is 4.74. The lowest BCUT2D eigenvalue weighted by atomic mass is 10.0. The summed E-state index contributed by atoms with van der Waals surface area (Å²) in [6, 6.07) is 22.3. The molecule has 2 aromatic carbocycles. The number of nitrogens with zero attached hydrogens (tertiary/aromatic N) is 2. The van der Waals surface area contributed by atoms with Gasteiger partial charge in [-0.05, 0) is 29.8 Å². The van der Waals surface area contributed by atoms with E-state index in [0.29, 0.717) is 6.54 Å². The van der Waals surface area contributed by atoms with Crippen molar-refractivity contribution in [2.75, 3.05) is 5.43 Å². The summed E-state index contributed by atoms with van der Waals surface area (Å²) in [6.07, 6.45) is 1.77. The number of hydrogen-bond donors (Lipinski definition) is 2. The van der Waals surface area contributed by atoms with Crippen LogP contribution >= 0.6 is 0 Å². The Bertz CT molecular complexity index is 897. The second kappa shape index (κ2) is 6.02. The number of rotatable bonds is 4. The highest BCUT2D eigenvalue weighted by atomic mass is 15.4. The van der Waals surface area contributed by atoms with Crippen LogP contribution in [0.1, 0.15) is 5.56 Å². The fraction of sp³-hybridized carbons (Fsp3) is 0.0526. The van der Waals surface area contributed by atoms with Gasteiger partial charge >= 0.3 is 0 Å². The van der Waals surface area contributed by atoms with Crippen LogP contribution < -0.4 is 10.9 Å². The molecule has 0 aliphatic rings. The quantitative estimate of drug-likeness (QED) is 0.443. The smallest absolute Gasteiger partial charge is 0.140 e. The van der Waals surface area contributed by atoms with Crippen molar-refractivity contribution in [3.63, 3.8) is 0 Å². The van der Waals surface area contributed by atoms with Crippen LogP contribution in [-0.4, -0.2) is 9.97 Å². The third kappa shape index (κ3) is 2.72. The van der Waals surface area contributed by atoms with Crippen LogP contribution in [0.2, 0.25) is 0 Å². The van der Waals surface area contributed by atoms with E-state index in [0.717, 1.165) is 16.9 Å². The third-order valence-corrected chi connectivity index (χ3v) is 3.85.